The molecule has 0 aliphatic rings. The predicted molar refractivity (Wildman–Crippen MR) is 40.0 cm³/mol. The van der Waals surface area contributed by atoms with Gasteiger partial charge in [0.25, 0.3) is 0 Å². The average Bonchev–Trinajstić information content (AvgIpc) is 2.00. The van der Waals surface area contributed by atoms with E-state index in [9.17, 15) is 9.59 Å². The van der Waals surface area contributed by atoms with Crippen LogP contribution in [-0.4, -0.2) is 29.6 Å². The van der Waals surface area contributed by atoms with Gasteiger partial charge < -0.3 is 10.8 Å². The minimum absolute atomic E-state index is 0.282. The lowest BCUT2D eigenvalue weighted by Crippen LogP contribution is -2.36. The number of nitrogens with two attached hydrogens (primary N) is 1. The summed E-state index contributed by atoms with van der Waals surface area (Å²) in [6, 6.07) is -1.18. The van der Waals surface area contributed by atoms with Crippen LogP contribution in [0.1, 0.15) is 13.3 Å². The van der Waals surface area contributed by atoms with Gasteiger partial charge in [0.2, 0.25) is 5.91 Å². The summed E-state index contributed by atoms with van der Waals surface area (Å²) in [5.41, 5.74) is 7.11. The van der Waals surface area contributed by atoms with Crippen LogP contribution in [0, 0.1) is 0 Å². The van der Waals surface area contributed by atoms with Crippen LogP contribution in [0.4, 0.5) is 0 Å². The van der Waals surface area contributed by atoms with Crippen molar-refractivity contribution in [3.05, 3.63) is 0 Å². The van der Waals surface area contributed by atoms with Gasteiger partial charge in [-0.15, -0.1) is 0 Å². The molecule has 0 aromatic rings. The first-order chi connectivity index (χ1) is 5.57. The lowest BCUT2D eigenvalue weighted by molar-refractivity contribution is -0.143. The summed E-state index contributed by atoms with van der Waals surface area (Å²) < 4.78 is 0. The standard InChI is InChI=1S/C6H12N2O4/c1-2-12-8-5(9)3-4(7)6(10)11/h4H,2-3,7H2,1H3,(H,8,9)(H,10,11)/t4-/m0/s1. The van der Waals surface area contributed by atoms with Gasteiger partial charge in [0.05, 0.1) is 13.0 Å². The molecule has 6 heteroatoms. The Morgan fingerprint density at radius 1 is 1.67 bits per heavy atom. The fourth-order valence-electron chi connectivity index (χ4n) is 0.481. The largest absolute Gasteiger partial charge is 0.480 e. The molecule has 0 heterocycles. The number of rotatable bonds is 5. The molecule has 0 saturated heterocycles. The molecule has 0 radical (unpaired) electrons. The van der Waals surface area contributed by atoms with Crippen molar-refractivity contribution in [1.29, 1.82) is 0 Å². The second-order valence-corrected chi connectivity index (χ2v) is 2.11. The minimum atomic E-state index is -1.21. The van der Waals surface area contributed by atoms with Gasteiger partial charge in [-0.1, -0.05) is 0 Å². The number of carbonyl (C=O) groups is 2. The molecule has 0 spiro atoms. The van der Waals surface area contributed by atoms with Gasteiger partial charge in [-0.25, -0.2) is 5.48 Å². The smallest absolute Gasteiger partial charge is 0.321 e. The van der Waals surface area contributed by atoms with Gasteiger partial charge in [0.1, 0.15) is 6.04 Å². The number of hydroxylamine groups is 1. The Morgan fingerprint density at radius 3 is 2.67 bits per heavy atom. The molecule has 0 saturated carbocycles. The Balaban J connectivity index is 3.61. The lowest BCUT2D eigenvalue weighted by Gasteiger charge is -2.06. The van der Waals surface area contributed by atoms with Crippen LogP contribution in [0.2, 0.25) is 0 Å². The number of hydrogen-bond acceptors (Lipinski definition) is 4. The highest BCUT2D eigenvalue weighted by atomic mass is 16.6. The predicted octanol–water partition coefficient (Wildman–Crippen LogP) is -1.14. The van der Waals surface area contributed by atoms with Crippen molar-refractivity contribution >= 4 is 11.9 Å². The second-order valence-electron chi connectivity index (χ2n) is 2.11. The molecule has 0 bridgehead atoms. The van der Waals surface area contributed by atoms with Gasteiger partial charge in [0.15, 0.2) is 0 Å². The summed E-state index contributed by atoms with van der Waals surface area (Å²) in [4.78, 5) is 25.4. The van der Waals surface area contributed by atoms with E-state index in [-0.39, 0.29) is 6.42 Å². The van der Waals surface area contributed by atoms with E-state index in [0.717, 1.165) is 0 Å². The zero-order chi connectivity index (χ0) is 9.56. The molecule has 12 heavy (non-hydrogen) atoms. The van der Waals surface area contributed by atoms with Crippen LogP contribution in [0.15, 0.2) is 0 Å². The number of carbonyl (C=O) groups excluding carboxylic acids is 1. The maximum absolute atomic E-state index is 10.7. The molecule has 0 aliphatic carbocycles. The highest BCUT2D eigenvalue weighted by molar-refractivity contribution is 5.83. The number of nitrogens with one attached hydrogen (secondary N) is 1. The van der Waals surface area contributed by atoms with Crippen molar-refractivity contribution in [2.75, 3.05) is 6.61 Å². The number of carboxylic acid groups (broad SMARTS) is 1. The first kappa shape index (κ1) is 10.9. The summed E-state index contributed by atoms with van der Waals surface area (Å²) >= 11 is 0. The van der Waals surface area contributed by atoms with Gasteiger partial charge >= 0.3 is 5.97 Å². The Labute approximate surface area is 69.6 Å². The molecule has 0 unspecified atom stereocenters. The lowest BCUT2D eigenvalue weighted by atomic mass is 10.2. The van der Waals surface area contributed by atoms with Crippen molar-refractivity contribution in [3.8, 4) is 0 Å². The maximum atomic E-state index is 10.7. The van der Waals surface area contributed by atoms with E-state index in [1.54, 1.807) is 6.92 Å². The fourth-order valence-corrected chi connectivity index (χ4v) is 0.481. The van der Waals surface area contributed by atoms with E-state index < -0.39 is 17.9 Å². The first-order valence-corrected chi connectivity index (χ1v) is 3.47. The molecule has 0 aromatic heterocycles. The molecule has 4 N–H and O–H groups in total. The highest BCUT2D eigenvalue weighted by Crippen LogP contribution is 1.87. The van der Waals surface area contributed by atoms with E-state index in [1.165, 1.54) is 0 Å². The summed E-state index contributed by atoms with van der Waals surface area (Å²) in [7, 11) is 0. The third-order valence-electron chi connectivity index (χ3n) is 1.05. The van der Waals surface area contributed by atoms with E-state index in [1.807, 2.05) is 5.48 Å². The highest BCUT2D eigenvalue weighted by Gasteiger charge is 2.15. The number of aliphatic carboxylic acids is 1. The van der Waals surface area contributed by atoms with Crippen LogP contribution >= 0.6 is 0 Å². The monoisotopic (exact) mass is 176 g/mol. The SMILES string of the molecule is CCONC(=O)C[C@H](N)C(=O)O. The van der Waals surface area contributed by atoms with Crippen molar-refractivity contribution in [3.63, 3.8) is 0 Å². The topological polar surface area (TPSA) is 102 Å². The summed E-state index contributed by atoms with van der Waals surface area (Å²) in [6.07, 6.45) is -0.282. The van der Waals surface area contributed by atoms with Crippen LogP contribution < -0.4 is 11.2 Å². The first-order valence-electron chi connectivity index (χ1n) is 3.47. The number of hydrogen-bond donors (Lipinski definition) is 3. The zero-order valence-electron chi connectivity index (χ0n) is 6.74. The van der Waals surface area contributed by atoms with Crippen LogP contribution in [-0.2, 0) is 14.4 Å². The quantitative estimate of drug-likeness (QED) is 0.459. The zero-order valence-corrected chi connectivity index (χ0v) is 6.74. The molecule has 1 amide bonds. The average molecular weight is 176 g/mol. The van der Waals surface area contributed by atoms with Crippen molar-refractivity contribution in [2.24, 2.45) is 5.73 Å². The van der Waals surface area contributed by atoms with E-state index in [4.69, 9.17) is 10.8 Å². The summed E-state index contributed by atoms with van der Waals surface area (Å²) in [5, 5.41) is 8.31. The number of amides is 1. The normalized spacial score (nSPS) is 12.2. The molecule has 0 aliphatic heterocycles. The maximum Gasteiger partial charge on any atom is 0.321 e. The Morgan fingerprint density at radius 2 is 2.25 bits per heavy atom. The van der Waals surface area contributed by atoms with E-state index in [2.05, 4.69) is 4.84 Å². The molecule has 0 rings (SSSR count). The Kier molecular flexibility index (Phi) is 4.98. The van der Waals surface area contributed by atoms with Gasteiger partial charge in [0, 0.05) is 0 Å². The van der Waals surface area contributed by atoms with Crippen LogP contribution in [0.25, 0.3) is 0 Å². The van der Waals surface area contributed by atoms with Crippen molar-refractivity contribution in [1.82, 2.24) is 5.48 Å². The molecule has 0 aromatic carbocycles. The molecular weight excluding hydrogens is 164 g/mol. The summed E-state index contributed by atoms with van der Waals surface area (Å²) in [6.45, 7) is 2.02. The molecule has 70 valence electrons. The van der Waals surface area contributed by atoms with Gasteiger partial charge in [-0.05, 0) is 6.92 Å². The van der Waals surface area contributed by atoms with E-state index in [0.29, 0.717) is 6.61 Å². The Bertz CT molecular complexity index is 171. The third kappa shape index (κ3) is 4.64. The third-order valence-corrected chi connectivity index (χ3v) is 1.05. The van der Waals surface area contributed by atoms with Crippen LogP contribution in [0.3, 0.4) is 0 Å². The Hall–Kier alpha value is -1.14. The minimum Gasteiger partial charge on any atom is -0.480 e. The fraction of sp³-hybridized carbons (Fsp3) is 0.667. The van der Waals surface area contributed by atoms with Crippen molar-refractivity contribution in [2.45, 2.75) is 19.4 Å². The van der Waals surface area contributed by atoms with E-state index >= 15 is 0 Å². The van der Waals surface area contributed by atoms with Gasteiger partial charge in [-0.2, -0.15) is 0 Å². The molecule has 6 nitrogen and oxygen atoms in total. The molecule has 1 atom stereocenters. The van der Waals surface area contributed by atoms with Gasteiger partial charge in [-0.3, -0.25) is 14.4 Å². The van der Waals surface area contributed by atoms with Crippen LogP contribution in [0.5, 0.6) is 0 Å². The number of carboxylic acids is 1. The second kappa shape index (κ2) is 5.50. The molecule has 0 fully saturated rings. The van der Waals surface area contributed by atoms with Crippen molar-refractivity contribution < 1.29 is 19.5 Å². The molecular formula is C6H12N2O4. The summed E-state index contributed by atoms with van der Waals surface area (Å²) in [5.74, 6) is -1.74.